The number of thiophene rings is 1. The Morgan fingerprint density at radius 1 is 1.32 bits per heavy atom. The largest absolute Gasteiger partial charge is 0.395 e. The molecule has 1 saturated carbocycles. The monoisotopic (exact) mass is 437 g/mol. The highest BCUT2D eigenvalue weighted by Gasteiger charge is 2.34. The van der Waals surface area contributed by atoms with Crippen LogP contribution in [0, 0.1) is 0 Å². The Labute approximate surface area is 154 Å². The number of nitrogens with one attached hydrogen (secondary N) is 2. The summed E-state index contributed by atoms with van der Waals surface area (Å²) < 4.78 is 0. The number of aliphatic imine (C=N–C) groups is 1. The Balaban J connectivity index is 0.00000242. The zero-order valence-electron chi connectivity index (χ0n) is 13.3. The summed E-state index contributed by atoms with van der Waals surface area (Å²) in [4.78, 5) is 6.27. The van der Waals surface area contributed by atoms with Crippen LogP contribution in [0.3, 0.4) is 0 Å². The molecular formula is C16H28IN3OS. The van der Waals surface area contributed by atoms with Gasteiger partial charge in [-0.15, -0.1) is 35.3 Å². The van der Waals surface area contributed by atoms with Gasteiger partial charge in [0.25, 0.3) is 0 Å². The van der Waals surface area contributed by atoms with Gasteiger partial charge in [-0.1, -0.05) is 25.3 Å². The summed E-state index contributed by atoms with van der Waals surface area (Å²) in [6, 6.07) is 4.41. The average Bonchev–Trinajstić information content (AvgIpc) is 3.06. The molecule has 22 heavy (non-hydrogen) atoms. The van der Waals surface area contributed by atoms with E-state index >= 15 is 0 Å². The van der Waals surface area contributed by atoms with Crippen LogP contribution >= 0.6 is 35.3 Å². The topological polar surface area (TPSA) is 56.7 Å². The smallest absolute Gasteiger partial charge is 0.191 e. The lowest BCUT2D eigenvalue weighted by Gasteiger charge is -2.35. The van der Waals surface area contributed by atoms with Crippen molar-refractivity contribution in [2.75, 3.05) is 26.2 Å². The maximum atomic E-state index is 8.96. The van der Waals surface area contributed by atoms with Gasteiger partial charge in [-0.05, 0) is 31.2 Å². The number of hydrogen-bond donors (Lipinski definition) is 3. The number of nitrogens with zero attached hydrogens (tertiary/aromatic N) is 1. The van der Waals surface area contributed by atoms with Crippen LogP contribution in [0.25, 0.3) is 0 Å². The number of hydrogen-bond acceptors (Lipinski definition) is 3. The van der Waals surface area contributed by atoms with Crippen LogP contribution in [0.15, 0.2) is 22.5 Å². The minimum absolute atomic E-state index is 0. The summed E-state index contributed by atoms with van der Waals surface area (Å²) >= 11 is 1.86. The Hall–Kier alpha value is -0.340. The molecule has 1 aliphatic carbocycles. The van der Waals surface area contributed by atoms with Crippen LogP contribution in [0.5, 0.6) is 0 Å². The van der Waals surface area contributed by atoms with Gasteiger partial charge in [0, 0.05) is 23.4 Å². The fourth-order valence-electron chi connectivity index (χ4n) is 3.04. The van der Waals surface area contributed by atoms with Crippen LogP contribution in [0.2, 0.25) is 0 Å². The molecule has 6 heteroatoms. The van der Waals surface area contributed by atoms with Crippen molar-refractivity contribution in [2.24, 2.45) is 4.99 Å². The van der Waals surface area contributed by atoms with E-state index in [1.54, 1.807) is 0 Å². The molecule has 0 aliphatic heterocycles. The molecule has 0 unspecified atom stereocenters. The SMILES string of the molecule is CCNC(=NCC1(c2cccs2)CCCCC1)NCCO.I. The molecule has 3 N–H and O–H groups in total. The Kier molecular flexibility index (Phi) is 9.35. The van der Waals surface area contributed by atoms with Crippen molar-refractivity contribution in [1.29, 1.82) is 0 Å². The number of aliphatic hydroxyl groups excluding tert-OH is 1. The molecule has 0 bridgehead atoms. The van der Waals surface area contributed by atoms with E-state index in [0.29, 0.717) is 6.54 Å². The van der Waals surface area contributed by atoms with Crippen LogP contribution in [0.1, 0.15) is 43.9 Å². The molecule has 0 saturated heterocycles. The van der Waals surface area contributed by atoms with Crippen molar-refractivity contribution in [3.05, 3.63) is 22.4 Å². The Morgan fingerprint density at radius 3 is 2.68 bits per heavy atom. The van der Waals surface area contributed by atoms with Gasteiger partial charge in [-0.25, -0.2) is 0 Å². The summed E-state index contributed by atoms with van der Waals surface area (Å²) in [5.41, 5.74) is 0.216. The number of rotatable bonds is 6. The first-order chi connectivity index (χ1) is 10.3. The fourth-order valence-corrected chi connectivity index (χ4v) is 4.02. The highest BCUT2D eigenvalue weighted by Crippen LogP contribution is 2.41. The van der Waals surface area contributed by atoms with Crippen LogP contribution < -0.4 is 10.6 Å². The highest BCUT2D eigenvalue weighted by atomic mass is 127. The predicted molar refractivity (Wildman–Crippen MR) is 106 cm³/mol. The molecule has 2 rings (SSSR count). The lowest BCUT2D eigenvalue weighted by Crippen LogP contribution is -2.40. The van der Waals surface area contributed by atoms with Gasteiger partial charge in [0.05, 0.1) is 13.2 Å². The van der Waals surface area contributed by atoms with Gasteiger partial charge in [0.15, 0.2) is 5.96 Å². The highest BCUT2D eigenvalue weighted by molar-refractivity contribution is 14.0. The van der Waals surface area contributed by atoms with E-state index in [1.807, 2.05) is 11.3 Å². The first-order valence-electron chi connectivity index (χ1n) is 7.98. The Morgan fingerprint density at radius 2 is 2.09 bits per heavy atom. The second-order valence-corrected chi connectivity index (χ2v) is 6.61. The second-order valence-electron chi connectivity index (χ2n) is 5.66. The molecule has 1 aromatic heterocycles. The second kappa shape index (κ2) is 10.4. The molecule has 0 radical (unpaired) electrons. The third-order valence-electron chi connectivity index (χ3n) is 4.14. The maximum Gasteiger partial charge on any atom is 0.191 e. The van der Waals surface area contributed by atoms with Crippen molar-refractivity contribution in [1.82, 2.24) is 10.6 Å². The third-order valence-corrected chi connectivity index (χ3v) is 5.26. The molecule has 1 aliphatic rings. The number of halogens is 1. The molecule has 0 atom stereocenters. The average molecular weight is 437 g/mol. The van der Waals surface area contributed by atoms with E-state index in [9.17, 15) is 0 Å². The van der Waals surface area contributed by atoms with Crippen LogP contribution in [0.4, 0.5) is 0 Å². The zero-order valence-corrected chi connectivity index (χ0v) is 16.5. The predicted octanol–water partition coefficient (Wildman–Crippen LogP) is 3.12. The van der Waals surface area contributed by atoms with Crippen molar-refractivity contribution in [3.63, 3.8) is 0 Å². The maximum absolute atomic E-state index is 8.96. The third kappa shape index (κ3) is 5.38. The van der Waals surface area contributed by atoms with E-state index in [4.69, 9.17) is 10.1 Å². The van der Waals surface area contributed by atoms with E-state index in [0.717, 1.165) is 19.0 Å². The van der Waals surface area contributed by atoms with E-state index in [1.165, 1.54) is 37.0 Å². The standard InChI is InChI=1S/C16H27N3OS.HI/c1-2-17-15(18-10-11-20)19-13-16(8-4-3-5-9-16)14-7-6-12-21-14;/h6-7,12,20H,2-5,8-11,13H2,1H3,(H2,17,18,19);1H. The number of guanidine groups is 1. The van der Waals surface area contributed by atoms with Crippen LogP contribution in [-0.2, 0) is 5.41 Å². The molecule has 4 nitrogen and oxygen atoms in total. The molecule has 126 valence electrons. The van der Waals surface area contributed by atoms with Gasteiger partial charge < -0.3 is 15.7 Å². The van der Waals surface area contributed by atoms with E-state index in [-0.39, 0.29) is 36.0 Å². The van der Waals surface area contributed by atoms with Gasteiger partial charge in [0.2, 0.25) is 0 Å². The number of aliphatic hydroxyl groups is 1. The van der Waals surface area contributed by atoms with Crippen molar-refractivity contribution >= 4 is 41.3 Å². The summed E-state index contributed by atoms with van der Waals surface area (Å²) in [7, 11) is 0. The van der Waals surface area contributed by atoms with Crippen molar-refractivity contribution < 1.29 is 5.11 Å². The minimum Gasteiger partial charge on any atom is -0.395 e. The molecule has 0 amide bonds. The lowest BCUT2D eigenvalue weighted by atomic mass is 9.73. The summed E-state index contributed by atoms with van der Waals surface area (Å²) in [6.45, 7) is 4.39. The summed E-state index contributed by atoms with van der Waals surface area (Å²) in [5.74, 6) is 0.813. The molecular weight excluding hydrogens is 409 g/mol. The van der Waals surface area contributed by atoms with Crippen molar-refractivity contribution in [3.8, 4) is 0 Å². The lowest BCUT2D eigenvalue weighted by molar-refractivity contribution is 0.298. The molecule has 1 heterocycles. The molecule has 0 aromatic carbocycles. The molecule has 1 aromatic rings. The van der Waals surface area contributed by atoms with Crippen LogP contribution in [-0.4, -0.2) is 37.3 Å². The quantitative estimate of drug-likeness (QED) is 0.364. The first kappa shape index (κ1) is 19.7. The van der Waals surface area contributed by atoms with E-state index < -0.39 is 0 Å². The first-order valence-corrected chi connectivity index (χ1v) is 8.86. The minimum atomic E-state index is 0. The molecule has 1 fully saturated rings. The van der Waals surface area contributed by atoms with Gasteiger partial charge in [0.1, 0.15) is 0 Å². The van der Waals surface area contributed by atoms with Gasteiger partial charge >= 0.3 is 0 Å². The zero-order chi connectivity index (χ0) is 15.0. The normalized spacial score (nSPS) is 17.6. The summed E-state index contributed by atoms with van der Waals surface area (Å²) in [5, 5.41) is 17.5. The Bertz CT molecular complexity index is 431. The van der Waals surface area contributed by atoms with Gasteiger partial charge in [-0.2, -0.15) is 0 Å². The van der Waals surface area contributed by atoms with Crippen molar-refractivity contribution in [2.45, 2.75) is 44.4 Å². The molecule has 0 spiro atoms. The van der Waals surface area contributed by atoms with E-state index in [2.05, 4.69) is 35.1 Å². The fraction of sp³-hybridized carbons (Fsp3) is 0.688. The summed E-state index contributed by atoms with van der Waals surface area (Å²) in [6.07, 6.45) is 6.41. The van der Waals surface area contributed by atoms with Gasteiger partial charge in [-0.3, -0.25) is 4.99 Å².